The Morgan fingerprint density at radius 2 is 2.21 bits per heavy atom. The average Bonchev–Trinajstić information content (AvgIpc) is 2.82. The third-order valence-corrected chi connectivity index (χ3v) is 4.56. The van der Waals surface area contributed by atoms with E-state index in [-0.39, 0.29) is 17.3 Å². The van der Waals surface area contributed by atoms with Crippen LogP contribution in [0.25, 0.3) is 0 Å². The van der Waals surface area contributed by atoms with Crippen LogP contribution in [0.5, 0.6) is 0 Å². The van der Waals surface area contributed by atoms with Crippen LogP contribution in [-0.4, -0.2) is 18.4 Å². The van der Waals surface area contributed by atoms with Gasteiger partial charge in [0.15, 0.2) is 5.03 Å². The minimum Gasteiger partial charge on any atom is -0.321 e. The molecule has 4 N–H and O–H groups in total. The third-order valence-electron chi connectivity index (χ3n) is 2.29. The minimum atomic E-state index is -3.72. The SMILES string of the molecule is Cc1ncc(CNS(=O)(=O)c2ncccc2NN)s1. The maximum atomic E-state index is 12.1. The predicted molar refractivity (Wildman–Crippen MR) is 72.9 cm³/mol. The fourth-order valence-electron chi connectivity index (χ4n) is 1.44. The zero-order valence-corrected chi connectivity index (χ0v) is 11.8. The summed E-state index contributed by atoms with van der Waals surface area (Å²) in [6.07, 6.45) is 3.04. The van der Waals surface area contributed by atoms with Crippen molar-refractivity contribution in [3.63, 3.8) is 0 Å². The smallest absolute Gasteiger partial charge is 0.260 e. The van der Waals surface area contributed by atoms with Gasteiger partial charge >= 0.3 is 0 Å². The van der Waals surface area contributed by atoms with Gasteiger partial charge in [-0.2, -0.15) is 0 Å². The van der Waals surface area contributed by atoms with Crippen LogP contribution in [0, 0.1) is 6.92 Å². The third kappa shape index (κ3) is 3.26. The summed E-state index contributed by atoms with van der Waals surface area (Å²) in [4.78, 5) is 8.73. The Hall–Kier alpha value is -1.55. The number of rotatable bonds is 5. The molecule has 0 atom stereocenters. The fraction of sp³-hybridized carbons (Fsp3) is 0.200. The Morgan fingerprint density at radius 3 is 2.84 bits per heavy atom. The van der Waals surface area contributed by atoms with E-state index in [2.05, 4.69) is 20.1 Å². The number of nitrogens with two attached hydrogens (primary N) is 1. The molecule has 0 amide bonds. The Balaban J connectivity index is 2.18. The molecule has 19 heavy (non-hydrogen) atoms. The van der Waals surface area contributed by atoms with Crippen molar-refractivity contribution in [2.24, 2.45) is 5.84 Å². The van der Waals surface area contributed by atoms with Crippen molar-refractivity contribution in [3.8, 4) is 0 Å². The zero-order valence-electron chi connectivity index (χ0n) is 10.1. The van der Waals surface area contributed by atoms with Crippen molar-refractivity contribution in [1.82, 2.24) is 14.7 Å². The second kappa shape index (κ2) is 5.61. The van der Waals surface area contributed by atoms with Crippen LogP contribution in [0.15, 0.2) is 29.6 Å². The number of anilines is 1. The van der Waals surface area contributed by atoms with E-state index in [9.17, 15) is 8.42 Å². The minimum absolute atomic E-state index is 0.126. The standard InChI is InChI=1S/C10H13N5O2S2/c1-7-13-5-8(18-7)6-14-19(16,17)10-9(15-11)3-2-4-12-10/h2-5,14-15H,6,11H2,1H3. The molecule has 2 aromatic rings. The molecule has 0 saturated heterocycles. The lowest BCUT2D eigenvalue weighted by Gasteiger charge is -2.08. The van der Waals surface area contributed by atoms with Crippen molar-refractivity contribution in [1.29, 1.82) is 0 Å². The lowest BCUT2D eigenvalue weighted by atomic mass is 10.4. The predicted octanol–water partition coefficient (Wildman–Crippen LogP) is 0.611. The van der Waals surface area contributed by atoms with Gasteiger partial charge in [-0.25, -0.2) is 23.1 Å². The molecule has 2 heterocycles. The summed E-state index contributed by atoms with van der Waals surface area (Å²) in [6.45, 7) is 2.03. The van der Waals surface area contributed by atoms with E-state index in [1.54, 1.807) is 18.3 Å². The van der Waals surface area contributed by atoms with E-state index in [1.165, 1.54) is 17.5 Å². The van der Waals surface area contributed by atoms with Crippen LogP contribution in [0.4, 0.5) is 5.69 Å². The molecule has 0 unspecified atom stereocenters. The first-order valence-corrected chi connectivity index (χ1v) is 7.65. The number of hydrazine groups is 1. The lowest BCUT2D eigenvalue weighted by Crippen LogP contribution is -2.25. The van der Waals surface area contributed by atoms with Crippen LogP contribution in [0.3, 0.4) is 0 Å². The first-order valence-electron chi connectivity index (χ1n) is 5.35. The van der Waals surface area contributed by atoms with Gasteiger partial charge in [0.2, 0.25) is 0 Å². The average molecular weight is 299 g/mol. The Bertz CT molecular complexity index is 668. The second-order valence-corrected chi connectivity index (χ2v) is 6.67. The number of aryl methyl sites for hydroxylation is 1. The normalized spacial score (nSPS) is 11.5. The van der Waals surface area contributed by atoms with Crippen molar-refractivity contribution in [2.75, 3.05) is 5.43 Å². The number of nitrogens with one attached hydrogen (secondary N) is 2. The number of nitrogens with zero attached hydrogens (tertiary/aromatic N) is 2. The van der Waals surface area contributed by atoms with Gasteiger partial charge in [0.05, 0.1) is 10.7 Å². The monoisotopic (exact) mass is 299 g/mol. The van der Waals surface area contributed by atoms with E-state index < -0.39 is 10.0 Å². The summed E-state index contributed by atoms with van der Waals surface area (Å²) in [7, 11) is -3.72. The number of hydrogen-bond donors (Lipinski definition) is 3. The van der Waals surface area contributed by atoms with E-state index in [0.29, 0.717) is 0 Å². The van der Waals surface area contributed by atoms with E-state index in [4.69, 9.17) is 5.84 Å². The number of thiazole rings is 1. The summed E-state index contributed by atoms with van der Waals surface area (Å²) in [5, 5.41) is 0.759. The molecular formula is C10H13N5O2S2. The fourth-order valence-corrected chi connectivity index (χ4v) is 3.36. The Morgan fingerprint density at radius 1 is 1.42 bits per heavy atom. The summed E-state index contributed by atoms with van der Waals surface area (Å²) in [5.41, 5.74) is 2.56. The van der Waals surface area contributed by atoms with Gasteiger partial charge in [-0.05, 0) is 19.1 Å². The summed E-state index contributed by atoms with van der Waals surface area (Å²) < 4.78 is 26.7. The number of pyridine rings is 1. The number of sulfonamides is 1. The van der Waals surface area contributed by atoms with Gasteiger partial charge in [0.25, 0.3) is 10.0 Å². The maximum absolute atomic E-state index is 12.1. The van der Waals surface area contributed by atoms with Gasteiger partial charge in [-0.15, -0.1) is 11.3 Å². The van der Waals surface area contributed by atoms with Crippen LogP contribution in [-0.2, 0) is 16.6 Å². The maximum Gasteiger partial charge on any atom is 0.260 e. The van der Waals surface area contributed by atoms with Crippen molar-refractivity contribution in [2.45, 2.75) is 18.5 Å². The van der Waals surface area contributed by atoms with Gasteiger partial charge in [-0.1, -0.05) is 0 Å². The zero-order chi connectivity index (χ0) is 13.9. The van der Waals surface area contributed by atoms with Crippen LogP contribution in [0.2, 0.25) is 0 Å². The highest BCUT2D eigenvalue weighted by molar-refractivity contribution is 7.89. The van der Waals surface area contributed by atoms with E-state index >= 15 is 0 Å². The quantitative estimate of drug-likeness (QED) is 0.551. The molecule has 0 radical (unpaired) electrons. The number of aromatic nitrogens is 2. The van der Waals surface area contributed by atoms with E-state index in [0.717, 1.165) is 9.88 Å². The highest BCUT2D eigenvalue weighted by Gasteiger charge is 2.19. The molecule has 0 saturated carbocycles. The van der Waals surface area contributed by atoms with Gasteiger partial charge in [0, 0.05) is 23.8 Å². The van der Waals surface area contributed by atoms with Crippen LogP contribution >= 0.6 is 11.3 Å². The van der Waals surface area contributed by atoms with E-state index in [1.807, 2.05) is 6.92 Å². The molecule has 0 aromatic carbocycles. The molecule has 0 aliphatic carbocycles. The van der Waals surface area contributed by atoms with Crippen LogP contribution < -0.4 is 16.0 Å². The topological polar surface area (TPSA) is 110 Å². The molecule has 7 nitrogen and oxygen atoms in total. The van der Waals surface area contributed by atoms with Gasteiger partial charge in [-0.3, -0.25) is 5.84 Å². The molecule has 0 aliphatic heterocycles. The molecule has 0 spiro atoms. The molecule has 9 heteroatoms. The molecular weight excluding hydrogens is 286 g/mol. The molecule has 0 aliphatic rings. The second-order valence-electron chi connectivity index (χ2n) is 3.67. The highest BCUT2D eigenvalue weighted by atomic mass is 32.2. The van der Waals surface area contributed by atoms with Gasteiger partial charge < -0.3 is 5.43 Å². The molecule has 2 aromatic heterocycles. The largest absolute Gasteiger partial charge is 0.321 e. The highest BCUT2D eigenvalue weighted by Crippen LogP contribution is 2.17. The molecule has 102 valence electrons. The first-order chi connectivity index (χ1) is 9.03. The summed E-state index contributed by atoms with van der Waals surface area (Å²) in [5.74, 6) is 5.27. The summed E-state index contributed by atoms with van der Waals surface area (Å²) >= 11 is 1.43. The van der Waals surface area contributed by atoms with Crippen LogP contribution in [0.1, 0.15) is 9.88 Å². The molecule has 2 rings (SSSR count). The first kappa shape index (κ1) is 13.9. The van der Waals surface area contributed by atoms with Crippen molar-refractivity contribution < 1.29 is 8.42 Å². The summed E-state index contributed by atoms with van der Waals surface area (Å²) in [6, 6.07) is 3.14. The Kier molecular flexibility index (Phi) is 4.10. The van der Waals surface area contributed by atoms with Crippen molar-refractivity contribution >= 4 is 27.0 Å². The lowest BCUT2D eigenvalue weighted by molar-refractivity contribution is 0.578. The Labute approximate surface area is 114 Å². The molecule has 0 bridgehead atoms. The molecule has 0 fully saturated rings. The van der Waals surface area contributed by atoms with Gasteiger partial charge in [0.1, 0.15) is 0 Å². The number of nitrogen functional groups attached to an aromatic ring is 1. The van der Waals surface area contributed by atoms with Crippen molar-refractivity contribution in [3.05, 3.63) is 34.4 Å². The number of hydrogen-bond acceptors (Lipinski definition) is 7.